The highest BCUT2D eigenvalue weighted by Crippen LogP contribution is 2.21. The molecule has 1 heterocycles. The second kappa shape index (κ2) is 8.57. The lowest BCUT2D eigenvalue weighted by atomic mass is 9.98. The van der Waals surface area contributed by atoms with Crippen molar-refractivity contribution >= 4 is 0 Å². The molecule has 1 atom stereocenters. The van der Waals surface area contributed by atoms with Crippen molar-refractivity contribution in [1.29, 1.82) is 0 Å². The normalized spacial score (nSPS) is 12.5. The van der Waals surface area contributed by atoms with Crippen LogP contribution in [0.15, 0.2) is 35.1 Å². The van der Waals surface area contributed by atoms with Gasteiger partial charge in [0.15, 0.2) is 0 Å². The van der Waals surface area contributed by atoms with Gasteiger partial charge in [-0.05, 0) is 42.5 Å². The van der Waals surface area contributed by atoms with Crippen molar-refractivity contribution in [3.8, 4) is 17.2 Å². The van der Waals surface area contributed by atoms with Gasteiger partial charge in [-0.25, -0.2) is 0 Å². The summed E-state index contributed by atoms with van der Waals surface area (Å²) in [6, 6.07) is 7.77. The van der Waals surface area contributed by atoms with E-state index in [1.165, 1.54) is 25.7 Å². The Hall–Kier alpha value is -1.84. The maximum atomic E-state index is 5.81. The van der Waals surface area contributed by atoms with Crippen LogP contribution in [0.25, 0.3) is 11.5 Å². The van der Waals surface area contributed by atoms with Crippen molar-refractivity contribution < 1.29 is 9.15 Å². The first kappa shape index (κ1) is 16.5. The molecule has 4 heteroatoms. The number of hydrogen-bond acceptors (Lipinski definition) is 4. The molecule has 0 bridgehead atoms. The molecule has 1 unspecified atom stereocenters. The third kappa shape index (κ3) is 5.51. The standard InChI is InChI=1S/C18H26N2O2/c1-14(2)5-4-6-15(3)11-12-21-17-9-7-16(8-10-17)18-20-19-13-22-18/h7-10,13-15H,4-6,11-12H2,1-3H3. The molecule has 0 fully saturated rings. The second-order valence-electron chi connectivity index (χ2n) is 6.34. The highest BCUT2D eigenvalue weighted by atomic mass is 16.5. The van der Waals surface area contributed by atoms with Crippen molar-refractivity contribution in [2.24, 2.45) is 11.8 Å². The van der Waals surface area contributed by atoms with Crippen molar-refractivity contribution in [2.75, 3.05) is 6.61 Å². The molecule has 0 amide bonds. The minimum atomic E-state index is 0.533. The predicted octanol–water partition coefficient (Wildman–Crippen LogP) is 4.97. The highest BCUT2D eigenvalue weighted by Gasteiger charge is 2.05. The maximum Gasteiger partial charge on any atom is 0.247 e. The van der Waals surface area contributed by atoms with Gasteiger partial charge in [0.2, 0.25) is 12.3 Å². The minimum absolute atomic E-state index is 0.533. The molecule has 0 saturated heterocycles. The molecule has 0 aliphatic rings. The Morgan fingerprint density at radius 2 is 1.82 bits per heavy atom. The summed E-state index contributed by atoms with van der Waals surface area (Å²) in [5.41, 5.74) is 0.909. The fraction of sp³-hybridized carbons (Fsp3) is 0.556. The molecule has 22 heavy (non-hydrogen) atoms. The van der Waals surface area contributed by atoms with Crippen LogP contribution in [-0.2, 0) is 0 Å². The molecular weight excluding hydrogens is 276 g/mol. The zero-order chi connectivity index (χ0) is 15.8. The molecule has 0 spiro atoms. The largest absolute Gasteiger partial charge is 0.494 e. The van der Waals surface area contributed by atoms with E-state index in [0.29, 0.717) is 5.89 Å². The summed E-state index contributed by atoms with van der Waals surface area (Å²) in [4.78, 5) is 0. The Balaban J connectivity index is 1.69. The summed E-state index contributed by atoms with van der Waals surface area (Å²) in [6.45, 7) is 7.64. The number of hydrogen-bond donors (Lipinski definition) is 0. The van der Waals surface area contributed by atoms with Crippen LogP contribution >= 0.6 is 0 Å². The van der Waals surface area contributed by atoms with Crippen LogP contribution in [0, 0.1) is 11.8 Å². The summed E-state index contributed by atoms with van der Waals surface area (Å²) in [5.74, 6) is 2.94. The van der Waals surface area contributed by atoms with E-state index in [0.717, 1.165) is 36.2 Å². The van der Waals surface area contributed by atoms with E-state index in [9.17, 15) is 0 Å². The molecule has 1 aromatic carbocycles. The third-order valence-corrected chi connectivity index (χ3v) is 3.82. The zero-order valence-corrected chi connectivity index (χ0v) is 13.8. The smallest absolute Gasteiger partial charge is 0.247 e. The van der Waals surface area contributed by atoms with E-state index in [2.05, 4.69) is 31.0 Å². The van der Waals surface area contributed by atoms with Gasteiger partial charge in [-0.15, -0.1) is 10.2 Å². The van der Waals surface area contributed by atoms with Crippen molar-refractivity contribution in [3.63, 3.8) is 0 Å². The van der Waals surface area contributed by atoms with Gasteiger partial charge in [-0.2, -0.15) is 0 Å². The first-order chi connectivity index (χ1) is 10.6. The average molecular weight is 302 g/mol. The minimum Gasteiger partial charge on any atom is -0.494 e. The Bertz CT molecular complexity index is 521. The van der Waals surface area contributed by atoms with Crippen LogP contribution in [0.1, 0.15) is 46.5 Å². The molecule has 2 rings (SSSR count). The number of ether oxygens (including phenoxy) is 1. The van der Waals surface area contributed by atoms with Crippen molar-refractivity contribution in [2.45, 2.75) is 46.5 Å². The van der Waals surface area contributed by atoms with E-state index in [1.54, 1.807) is 0 Å². The Morgan fingerprint density at radius 1 is 1.05 bits per heavy atom. The molecule has 0 radical (unpaired) electrons. The summed E-state index contributed by atoms with van der Waals surface area (Å²) in [6.07, 6.45) is 6.36. The van der Waals surface area contributed by atoms with Crippen LogP contribution in [0.5, 0.6) is 5.75 Å². The van der Waals surface area contributed by atoms with Gasteiger partial charge < -0.3 is 9.15 Å². The maximum absolute atomic E-state index is 5.81. The van der Waals surface area contributed by atoms with Gasteiger partial charge in [0.05, 0.1) is 6.61 Å². The SMILES string of the molecule is CC(C)CCCC(C)CCOc1ccc(-c2nnco2)cc1. The van der Waals surface area contributed by atoms with Gasteiger partial charge in [0, 0.05) is 5.56 Å². The fourth-order valence-corrected chi connectivity index (χ4v) is 2.39. The fourth-order valence-electron chi connectivity index (χ4n) is 2.39. The van der Waals surface area contributed by atoms with Crippen LogP contribution in [0.3, 0.4) is 0 Å². The van der Waals surface area contributed by atoms with Crippen molar-refractivity contribution in [3.05, 3.63) is 30.7 Å². The van der Waals surface area contributed by atoms with Gasteiger partial charge in [-0.1, -0.05) is 40.0 Å². The molecular formula is C18H26N2O2. The quantitative estimate of drug-likeness (QED) is 0.656. The van der Waals surface area contributed by atoms with Crippen LogP contribution in [-0.4, -0.2) is 16.8 Å². The second-order valence-corrected chi connectivity index (χ2v) is 6.34. The van der Waals surface area contributed by atoms with E-state index in [-0.39, 0.29) is 0 Å². The first-order valence-corrected chi connectivity index (χ1v) is 8.14. The Labute approximate surface area is 132 Å². The number of benzene rings is 1. The lowest BCUT2D eigenvalue weighted by Crippen LogP contribution is -2.04. The van der Waals surface area contributed by atoms with Crippen molar-refractivity contribution in [1.82, 2.24) is 10.2 Å². The van der Waals surface area contributed by atoms with Gasteiger partial charge >= 0.3 is 0 Å². The number of nitrogens with zero attached hydrogens (tertiary/aromatic N) is 2. The van der Waals surface area contributed by atoms with Crippen LogP contribution in [0.4, 0.5) is 0 Å². The van der Waals surface area contributed by atoms with E-state index < -0.39 is 0 Å². The van der Waals surface area contributed by atoms with Gasteiger partial charge in [0.25, 0.3) is 0 Å². The Kier molecular flexibility index (Phi) is 6.44. The molecule has 120 valence electrons. The lowest BCUT2D eigenvalue weighted by Gasteiger charge is -2.13. The van der Waals surface area contributed by atoms with E-state index in [1.807, 2.05) is 24.3 Å². The predicted molar refractivity (Wildman–Crippen MR) is 87.7 cm³/mol. The molecule has 2 aromatic rings. The van der Waals surface area contributed by atoms with E-state index >= 15 is 0 Å². The summed E-state index contributed by atoms with van der Waals surface area (Å²) >= 11 is 0. The lowest BCUT2D eigenvalue weighted by molar-refractivity contribution is 0.276. The topological polar surface area (TPSA) is 48.2 Å². The van der Waals surface area contributed by atoms with E-state index in [4.69, 9.17) is 9.15 Å². The van der Waals surface area contributed by atoms with Gasteiger partial charge in [-0.3, -0.25) is 0 Å². The Morgan fingerprint density at radius 3 is 2.45 bits per heavy atom. The van der Waals surface area contributed by atoms with Gasteiger partial charge in [0.1, 0.15) is 5.75 Å². The summed E-state index contributed by atoms with van der Waals surface area (Å²) in [5, 5.41) is 7.56. The zero-order valence-electron chi connectivity index (χ0n) is 13.8. The molecule has 0 N–H and O–H groups in total. The molecule has 0 saturated carbocycles. The molecule has 1 aromatic heterocycles. The average Bonchev–Trinajstić information content (AvgIpc) is 3.02. The number of aromatic nitrogens is 2. The highest BCUT2D eigenvalue weighted by molar-refractivity contribution is 5.53. The summed E-state index contributed by atoms with van der Waals surface area (Å²) < 4.78 is 11.0. The summed E-state index contributed by atoms with van der Waals surface area (Å²) in [7, 11) is 0. The molecule has 4 nitrogen and oxygen atoms in total. The van der Waals surface area contributed by atoms with Crippen LogP contribution < -0.4 is 4.74 Å². The third-order valence-electron chi connectivity index (χ3n) is 3.82. The molecule has 0 aliphatic heterocycles. The molecule has 0 aliphatic carbocycles. The first-order valence-electron chi connectivity index (χ1n) is 8.14. The monoisotopic (exact) mass is 302 g/mol. The van der Waals surface area contributed by atoms with Crippen LogP contribution in [0.2, 0.25) is 0 Å². The number of rotatable bonds is 9.